The van der Waals surface area contributed by atoms with Gasteiger partial charge >= 0.3 is 6.09 Å². The van der Waals surface area contributed by atoms with Crippen molar-refractivity contribution in [2.24, 2.45) is 0 Å². The van der Waals surface area contributed by atoms with Gasteiger partial charge in [-0.05, 0) is 70.2 Å². The molecule has 1 aromatic carbocycles. The SMILES string of the molecule is CC(C)(C)OC(=O)N1CCC[C@H](NC(=O)c2cn(-c3cccc(F)c3)cc2CC(=O)CCCCO)C1. The number of aliphatic hydroxyl groups excluding tert-OH is 1. The Morgan fingerprint density at radius 2 is 1.97 bits per heavy atom. The number of ketones is 1. The highest BCUT2D eigenvalue weighted by atomic mass is 19.1. The van der Waals surface area contributed by atoms with Gasteiger partial charge in [0.25, 0.3) is 5.91 Å². The number of hydrogen-bond donors (Lipinski definition) is 2. The first-order valence-corrected chi connectivity index (χ1v) is 12.4. The van der Waals surface area contributed by atoms with E-state index in [4.69, 9.17) is 9.84 Å². The number of hydrogen-bond acceptors (Lipinski definition) is 5. The van der Waals surface area contributed by atoms with E-state index in [-0.39, 0.29) is 30.8 Å². The van der Waals surface area contributed by atoms with Gasteiger partial charge in [0.15, 0.2) is 0 Å². The first-order valence-electron chi connectivity index (χ1n) is 12.4. The number of likely N-dealkylation sites (tertiary alicyclic amines) is 1. The molecule has 2 heterocycles. The Morgan fingerprint density at radius 3 is 2.67 bits per heavy atom. The summed E-state index contributed by atoms with van der Waals surface area (Å²) < 4.78 is 20.9. The van der Waals surface area contributed by atoms with Gasteiger partial charge in [0.2, 0.25) is 0 Å². The summed E-state index contributed by atoms with van der Waals surface area (Å²) in [5, 5.41) is 12.0. The average Bonchev–Trinajstić information content (AvgIpc) is 3.22. The average molecular weight is 502 g/mol. The van der Waals surface area contributed by atoms with Crippen molar-refractivity contribution in [3.8, 4) is 5.69 Å². The van der Waals surface area contributed by atoms with Crippen LogP contribution in [0.25, 0.3) is 5.69 Å². The van der Waals surface area contributed by atoms with E-state index in [1.54, 1.807) is 34.0 Å². The van der Waals surface area contributed by atoms with Crippen LogP contribution in [-0.2, 0) is 16.0 Å². The van der Waals surface area contributed by atoms with E-state index in [0.717, 1.165) is 6.42 Å². The second-order valence-corrected chi connectivity index (χ2v) is 10.2. The molecule has 1 aromatic heterocycles. The lowest BCUT2D eigenvalue weighted by atomic mass is 10.0. The minimum absolute atomic E-state index is 0.0264. The molecule has 1 saturated heterocycles. The number of aromatic nitrogens is 1. The third-order valence-corrected chi connectivity index (χ3v) is 5.92. The Kier molecular flexibility index (Phi) is 9.25. The Morgan fingerprint density at radius 1 is 1.19 bits per heavy atom. The molecule has 2 amide bonds. The van der Waals surface area contributed by atoms with E-state index >= 15 is 0 Å². The molecular formula is C27H36FN3O5. The number of ether oxygens (including phenoxy) is 1. The van der Waals surface area contributed by atoms with Gasteiger partial charge in [0, 0.05) is 56.7 Å². The van der Waals surface area contributed by atoms with Gasteiger partial charge in [-0.2, -0.15) is 0 Å². The van der Waals surface area contributed by atoms with Gasteiger partial charge in [-0.1, -0.05) is 6.07 Å². The van der Waals surface area contributed by atoms with Crippen molar-refractivity contribution in [3.63, 3.8) is 0 Å². The number of benzene rings is 1. The minimum Gasteiger partial charge on any atom is -0.444 e. The zero-order chi connectivity index (χ0) is 26.3. The molecule has 3 rings (SSSR count). The Labute approximate surface area is 211 Å². The molecule has 0 spiro atoms. The van der Waals surface area contributed by atoms with Crippen LogP contribution in [0, 0.1) is 5.82 Å². The lowest BCUT2D eigenvalue weighted by molar-refractivity contribution is -0.118. The van der Waals surface area contributed by atoms with Crippen molar-refractivity contribution in [2.75, 3.05) is 19.7 Å². The van der Waals surface area contributed by atoms with Crippen LogP contribution in [0.1, 0.15) is 68.8 Å². The Balaban J connectivity index is 1.76. The fraction of sp³-hybridized carbons (Fsp3) is 0.519. The fourth-order valence-corrected chi connectivity index (χ4v) is 4.21. The van der Waals surface area contributed by atoms with Crippen molar-refractivity contribution in [1.29, 1.82) is 0 Å². The smallest absolute Gasteiger partial charge is 0.410 e. The van der Waals surface area contributed by atoms with Crippen LogP contribution in [-0.4, -0.2) is 63.7 Å². The molecule has 0 bridgehead atoms. The van der Waals surface area contributed by atoms with E-state index in [9.17, 15) is 18.8 Å². The molecule has 36 heavy (non-hydrogen) atoms. The van der Waals surface area contributed by atoms with Crippen molar-refractivity contribution < 1.29 is 28.6 Å². The van der Waals surface area contributed by atoms with Crippen molar-refractivity contribution in [1.82, 2.24) is 14.8 Å². The van der Waals surface area contributed by atoms with Crippen molar-refractivity contribution in [2.45, 2.75) is 70.9 Å². The number of piperidine rings is 1. The largest absolute Gasteiger partial charge is 0.444 e. The molecule has 9 heteroatoms. The molecule has 1 aliphatic rings. The summed E-state index contributed by atoms with van der Waals surface area (Å²) in [6.07, 6.45) is 5.80. The molecule has 0 aliphatic carbocycles. The van der Waals surface area contributed by atoms with E-state index in [2.05, 4.69) is 5.32 Å². The van der Waals surface area contributed by atoms with E-state index in [1.807, 2.05) is 20.8 Å². The summed E-state index contributed by atoms with van der Waals surface area (Å²) in [6.45, 7) is 6.35. The van der Waals surface area contributed by atoms with E-state index < -0.39 is 17.5 Å². The van der Waals surface area contributed by atoms with Gasteiger partial charge in [0.05, 0.1) is 5.56 Å². The molecule has 1 atom stereocenters. The van der Waals surface area contributed by atoms with Crippen LogP contribution in [0.5, 0.6) is 0 Å². The van der Waals surface area contributed by atoms with Gasteiger partial charge < -0.3 is 24.6 Å². The number of aliphatic hydroxyl groups is 1. The zero-order valence-corrected chi connectivity index (χ0v) is 21.3. The molecule has 196 valence electrons. The predicted octanol–water partition coefficient (Wildman–Crippen LogP) is 4.02. The molecular weight excluding hydrogens is 465 g/mol. The number of unbranched alkanes of at least 4 members (excludes halogenated alkanes) is 1. The third-order valence-electron chi connectivity index (χ3n) is 5.92. The van der Waals surface area contributed by atoms with Crippen LogP contribution in [0.15, 0.2) is 36.7 Å². The summed E-state index contributed by atoms with van der Waals surface area (Å²) in [5.74, 6) is -0.791. The maximum Gasteiger partial charge on any atom is 0.410 e. The normalized spacial score (nSPS) is 16.0. The number of halogens is 1. The molecule has 0 unspecified atom stereocenters. The number of nitrogens with one attached hydrogen (secondary N) is 1. The number of Topliss-reactive ketones (excluding diaryl/α,β-unsaturated/α-hetero) is 1. The second-order valence-electron chi connectivity index (χ2n) is 10.2. The lowest BCUT2D eigenvalue weighted by Gasteiger charge is -2.34. The fourth-order valence-electron chi connectivity index (χ4n) is 4.21. The summed E-state index contributed by atoms with van der Waals surface area (Å²) in [6, 6.07) is 5.74. The van der Waals surface area contributed by atoms with E-state index in [0.29, 0.717) is 55.6 Å². The maximum atomic E-state index is 13.8. The topological polar surface area (TPSA) is 101 Å². The summed E-state index contributed by atoms with van der Waals surface area (Å²) in [5.41, 5.74) is 0.817. The van der Waals surface area contributed by atoms with Crippen LogP contribution >= 0.6 is 0 Å². The lowest BCUT2D eigenvalue weighted by Crippen LogP contribution is -2.50. The second kappa shape index (κ2) is 12.2. The van der Waals surface area contributed by atoms with Gasteiger partial charge in [-0.15, -0.1) is 0 Å². The molecule has 1 aliphatic heterocycles. The summed E-state index contributed by atoms with van der Waals surface area (Å²) in [7, 11) is 0. The molecule has 0 radical (unpaired) electrons. The number of rotatable bonds is 9. The molecule has 8 nitrogen and oxygen atoms in total. The first kappa shape index (κ1) is 27.4. The van der Waals surface area contributed by atoms with Gasteiger partial charge in [0.1, 0.15) is 17.2 Å². The molecule has 2 N–H and O–H groups in total. The molecule has 0 saturated carbocycles. The first-order chi connectivity index (χ1) is 17.1. The Bertz CT molecular complexity index is 1080. The maximum absolute atomic E-state index is 13.8. The number of nitrogens with zero attached hydrogens (tertiary/aromatic N) is 2. The number of amides is 2. The van der Waals surface area contributed by atoms with Crippen molar-refractivity contribution >= 4 is 17.8 Å². The zero-order valence-electron chi connectivity index (χ0n) is 21.3. The molecule has 1 fully saturated rings. The summed E-state index contributed by atoms with van der Waals surface area (Å²) >= 11 is 0. The highest BCUT2D eigenvalue weighted by Gasteiger charge is 2.29. The minimum atomic E-state index is -0.605. The van der Waals surface area contributed by atoms with Crippen molar-refractivity contribution in [3.05, 3.63) is 53.6 Å². The Hall–Kier alpha value is -3.20. The number of carbonyl (C=O) groups is 3. The highest BCUT2D eigenvalue weighted by molar-refractivity contribution is 5.97. The van der Waals surface area contributed by atoms with Gasteiger partial charge in [-0.3, -0.25) is 9.59 Å². The number of carbonyl (C=O) groups excluding carboxylic acids is 3. The van der Waals surface area contributed by atoms with Crippen LogP contribution < -0.4 is 5.32 Å². The third kappa shape index (κ3) is 7.91. The standard InChI is InChI=1S/C27H36FN3O5/c1-27(2,3)36-26(35)30-12-7-9-21(17-30)29-25(34)24-18-31(22-10-6-8-20(28)15-22)16-19(24)14-23(33)11-4-5-13-32/h6,8,10,15-16,18,21,32H,4-5,7,9,11-14,17H2,1-3H3,(H,29,34)/t21-/m0/s1. The highest BCUT2D eigenvalue weighted by Crippen LogP contribution is 2.20. The predicted molar refractivity (Wildman–Crippen MR) is 134 cm³/mol. The monoisotopic (exact) mass is 501 g/mol. The summed E-state index contributed by atoms with van der Waals surface area (Å²) in [4.78, 5) is 39.9. The quantitative estimate of drug-likeness (QED) is 0.506. The molecule has 2 aromatic rings. The van der Waals surface area contributed by atoms with Gasteiger partial charge in [-0.25, -0.2) is 9.18 Å². The van der Waals surface area contributed by atoms with Crippen LogP contribution in [0.2, 0.25) is 0 Å². The van der Waals surface area contributed by atoms with Crippen LogP contribution in [0.4, 0.5) is 9.18 Å². The van der Waals surface area contributed by atoms with Crippen LogP contribution in [0.3, 0.4) is 0 Å². The van der Waals surface area contributed by atoms with E-state index in [1.165, 1.54) is 12.1 Å².